The molecule has 0 spiro atoms. The quantitative estimate of drug-likeness (QED) is 0.418. The highest BCUT2D eigenvalue weighted by Crippen LogP contribution is 2.32. The molecule has 0 amide bonds. The number of benzene rings is 1. The number of nitrogens with one attached hydrogen (secondary N) is 2. The van der Waals surface area contributed by atoms with Gasteiger partial charge in [0.25, 0.3) is 0 Å². The van der Waals surface area contributed by atoms with Gasteiger partial charge in [0.15, 0.2) is 17.5 Å². The van der Waals surface area contributed by atoms with E-state index in [1.807, 2.05) is 18.2 Å². The first-order chi connectivity index (χ1) is 9.19. The largest absolute Gasteiger partial charge is 0.454 e. The number of nitrogens with zero attached hydrogens (tertiary/aromatic N) is 1. The molecule has 1 heterocycles. The van der Waals surface area contributed by atoms with Crippen molar-refractivity contribution in [1.82, 2.24) is 10.6 Å². The Morgan fingerprint density at radius 3 is 2.80 bits per heavy atom. The van der Waals surface area contributed by atoms with Crippen molar-refractivity contribution in [3.05, 3.63) is 34.8 Å². The van der Waals surface area contributed by atoms with E-state index in [1.165, 1.54) is 0 Å². The normalized spacial score (nSPS) is 12.6. The molecule has 0 radical (unpaired) electrons. The van der Waals surface area contributed by atoms with Gasteiger partial charge in [0, 0.05) is 24.6 Å². The van der Waals surface area contributed by atoms with Crippen molar-refractivity contribution >= 4 is 45.9 Å². The van der Waals surface area contributed by atoms with Crippen molar-refractivity contribution in [2.75, 3.05) is 20.4 Å². The molecule has 110 valence electrons. The molecule has 0 saturated heterocycles. The summed E-state index contributed by atoms with van der Waals surface area (Å²) in [6.45, 7) is 5.34. The number of hydrogen-bond donors (Lipinski definition) is 2. The SMILES string of the molecule is C=C(Br)CNC(=NC)NCc1ccc2c(c1)OCO2.I. The van der Waals surface area contributed by atoms with Crippen LogP contribution in [-0.4, -0.2) is 26.3 Å². The summed E-state index contributed by atoms with van der Waals surface area (Å²) in [7, 11) is 1.73. The molecule has 0 unspecified atom stereocenters. The van der Waals surface area contributed by atoms with Crippen molar-refractivity contribution in [2.45, 2.75) is 6.54 Å². The summed E-state index contributed by atoms with van der Waals surface area (Å²) >= 11 is 3.29. The molecular formula is C13H17BrIN3O2. The third-order valence-electron chi connectivity index (χ3n) is 2.57. The summed E-state index contributed by atoms with van der Waals surface area (Å²) in [5, 5.41) is 6.34. The van der Waals surface area contributed by atoms with Gasteiger partial charge in [-0.15, -0.1) is 24.0 Å². The molecule has 1 aliphatic heterocycles. The lowest BCUT2D eigenvalue weighted by atomic mass is 10.2. The van der Waals surface area contributed by atoms with E-state index in [1.54, 1.807) is 7.05 Å². The lowest BCUT2D eigenvalue weighted by Crippen LogP contribution is -2.37. The molecule has 7 heteroatoms. The Bertz CT molecular complexity index is 508. The summed E-state index contributed by atoms with van der Waals surface area (Å²) in [4.78, 5) is 4.12. The lowest BCUT2D eigenvalue weighted by molar-refractivity contribution is 0.174. The number of guanidine groups is 1. The molecule has 0 bridgehead atoms. The number of ether oxygens (including phenoxy) is 2. The molecule has 0 aliphatic carbocycles. The summed E-state index contributed by atoms with van der Waals surface area (Å²) in [6, 6.07) is 5.87. The monoisotopic (exact) mass is 453 g/mol. The van der Waals surface area contributed by atoms with Crippen LogP contribution in [0.4, 0.5) is 0 Å². The van der Waals surface area contributed by atoms with Gasteiger partial charge in [-0.1, -0.05) is 28.6 Å². The van der Waals surface area contributed by atoms with Crippen molar-refractivity contribution < 1.29 is 9.47 Å². The highest BCUT2D eigenvalue weighted by Gasteiger charge is 2.13. The zero-order valence-electron chi connectivity index (χ0n) is 11.1. The second kappa shape index (κ2) is 8.35. The zero-order chi connectivity index (χ0) is 13.7. The van der Waals surface area contributed by atoms with E-state index < -0.39 is 0 Å². The first-order valence-electron chi connectivity index (χ1n) is 5.85. The number of aliphatic imine (C=N–C) groups is 1. The van der Waals surface area contributed by atoms with Crippen LogP contribution in [-0.2, 0) is 6.54 Å². The first kappa shape index (κ1) is 17.1. The minimum atomic E-state index is 0. The van der Waals surface area contributed by atoms with E-state index in [2.05, 4.69) is 38.1 Å². The van der Waals surface area contributed by atoms with Crippen LogP contribution in [0.2, 0.25) is 0 Å². The second-order valence-corrected chi connectivity index (χ2v) is 5.11. The molecule has 0 aromatic heterocycles. The lowest BCUT2D eigenvalue weighted by Gasteiger charge is -2.11. The van der Waals surface area contributed by atoms with Crippen molar-refractivity contribution in [3.8, 4) is 11.5 Å². The fourth-order valence-corrected chi connectivity index (χ4v) is 1.78. The summed E-state index contributed by atoms with van der Waals surface area (Å²) < 4.78 is 11.5. The van der Waals surface area contributed by atoms with Crippen LogP contribution in [0, 0.1) is 0 Å². The van der Waals surface area contributed by atoms with E-state index in [0.29, 0.717) is 19.9 Å². The maximum atomic E-state index is 5.34. The van der Waals surface area contributed by atoms with Crippen LogP contribution < -0.4 is 20.1 Å². The average molecular weight is 454 g/mol. The van der Waals surface area contributed by atoms with E-state index in [-0.39, 0.29) is 24.0 Å². The minimum Gasteiger partial charge on any atom is -0.454 e. The molecular weight excluding hydrogens is 437 g/mol. The molecule has 1 aliphatic rings. The van der Waals surface area contributed by atoms with Gasteiger partial charge in [-0.2, -0.15) is 0 Å². The molecule has 5 nitrogen and oxygen atoms in total. The predicted octanol–water partition coefficient (Wildman–Crippen LogP) is 2.61. The summed E-state index contributed by atoms with van der Waals surface area (Å²) in [5.41, 5.74) is 1.10. The van der Waals surface area contributed by atoms with Crippen LogP contribution in [0.5, 0.6) is 11.5 Å². The van der Waals surface area contributed by atoms with E-state index >= 15 is 0 Å². The molecule has 2 N–H and O–H groups in total. The van der Waals surface area contributed by atoms with Crippen LogP contribution >= 0.6 is 39.9 Å². The second-order valence-electron chi connectivity index (χ2n) is 3.98. The maximum absolute atomic E-state index is 5.34. The van der Waals surface area contributed by atoms with Gasteiger partial charge in [0.2, 0.25) is 6.79 Å². The molecule has 0 fully saturated rings. The number of hydrogen-bond acceptors (Lipinski definition) is 3. The van der Waals surface area contributed by atoms with E-state index in [9.17, 15) is 0 Å². The van der Waals surface area contributed by atoms with Gasteiger partial charge in [-0.05, 0) is 17.7 Å². The predicted molar refractivity (Wildman–Crippen MR) is 94.2 cm³/mol. The Kier molecular flexibility index (Phi) is 7.14. The highest BCUT2D eigenvalue weighted by atomic mass is 127. The van der Waals surface area contributed by atoms with Gasteiger partial charge < -0.3 is 20.1 Å². The Morgan fingerprint density at radius 2 is 2.10 bits per heavy atom. The average Bonchev–Trinajstić information content (AvgIpc) is 2.86. The Balaban J connectivity index is 0.00000200. The molecule has 1 aromatic rings. The van der Waals surface area contributed by atoms with E-state index in [0.717, 1.165) is 27.5 Å². The van der Waals surface area contributed by atoms with Gasteiger partial charge >= 0.3 is 0 Å². The van der Waals surface area contributed by atoms with Gasteiger partial charge in [-0.25, -0.2) is 0 Å². The van der Waals surface area contributed by atoms with Crippen LogP contribution in [0.3, 0.4) is 0 Å². The smallest absolute Gasteiger partial charge is 0.231 e. The molecule has 20 heavy (non-hydrogen) atoms. The number of rotatable bonds is 4. The maximum Gasteiger partial charge on any atom is 0.231 e. The van der Waals surface area contributed by atoms with Crippen molar-refractivity contribution in [2.24, 2.45) is 4.99 Å². The van der Waals surface area contributed by atoms with Gasteiger partial charge in [0.1, 0.15) is 0 Å². The van der Waals surface area contributed by atoms with Gasteiger partial charge in [-0.3, -0.25) is 4.99 Å². The Hall–Kier alpha value is -0.960. The number of halogens is 2. The van der Waals surface area contributed by atoms with Crippen molar-refractivity contribution in [3.63, 3.8) is 0 Å². The first-order valence-corrected chi connectivity index (χ1v) is 6.64. The zero-order valence-corrected chi connectivity index (χ0v) is 15.0. The Labute approximate surface area is 144 Å². The molecule has 1 aromatic carbocycles. The van der Waals surface area contributed by atoms with Gasteiger partial charge in [0.05, 0.1) is 0 Å². The fraction of sp³-hybridized carbons (Fsp3) is 0.308. The van der Waals surface area contributed by atoms with Crippen LogP contribution in [0.15, 0.2) is 34.3 Å². The molecule has 0 saturated carbocycles. The Morgan fingerprint density at radius 1 is 1.35 bits per heavy atom. The minimum absolute atomic E-state index is 0. The third kappa shape index (κ3) is 4.86. The summed E-state index contributed by atoms with van der Waals surface area (Å²) in [6.07, 6.45) is 0. The van der Waals surface area contributed by atoms with E-state index in [4.69, 9.17) is 9.47 Å². The fourth-order valence-electron chi connectivity index (χ4n) is 1.64. The summed E-state index contributed by atoms with van der Waals surface area (Å²) in [5.74, 6) is 2.30. The standard InChI is InChI=1S/C13H16BrN3O2.HI/c1-9(14)6-16-13(15-2)17-7-10-3-4-11-12(5-10)19-8-18-11;/h3-5H,1,6-8H2,2H3,(H2,15,16,17);1H. The molecule has 2 rings (SSSR count). The number of fused-ring (bicyclic) bond motifs is 1. The third-order valence-corrected chi connectivity index (χ3v) is 2.85. The topological polar surface area (TPSA) is 54.9 Å². The molecule has 0 atom stereocenters. The van der Waals surface area contributed by atoms with Crippen molar-refractivity contribution in [1.29, 1.82) is 0 Å². The highest BCUT2D eigenvalue weighted by molar-refractivity contribution is 14.0. The van der Waals surface area contributed by atoms with Crippen LogP contribution in [0.25, 0.3) is 0 Å². The van der Waals surface area contributed by atoms with Crippen LogP contribution in [0.1, 0.15) is 5.56 Å².